The van der Waals surface area contributed by atoms with Crippen LogP contribution in [0.3, 0.4) is 0 Å². The fourth-order valence-electron chi connectivity index (χ4n) is 3.06. The quantitative estimate of drug-likeness (QED) is 0.532. The molecule has 0 unspecified atom stereocenters. The lowest BCUT2D eigenvalue weighted by Gasteiger charge is -2.44. The van der Waals surface area contributed by atoms with Crippen molar-refractivity contribution in [1.82, 2.24) is 0 Å². The monoisotopic (exact) mass is 186 g/mol. The van der Waals surface area contributed by atoms with Gasteiger partial charge in [0.15, 0.2) is 0 Å². The van der Waals surface area contributed by atoms with E-state index in [-0.39, 0.29) is 5.60 Å². The lowest BCUT2D eigenvalue weighted by atomic mass is 9.67. The standard InChI is InChI=1S/C10H18O3/c11-13-12-10-7-3-1-5-9(10)6-2-4-8-10/h9,11H,1-8H2. The second-order valence-corrected chi connectivity index (χ2v) is 4.41. The molecule has 2 aliphatic carbocycles. The summed E-state index contributed by atoms with van der Waals surface area (Å²) in [5.41, 5.74) is -0.148. The molecule has 2 saturated carbocycles. The Balaban J connectivity index is 2.06. The smallest absolute Gasteiger partial charge is 0.109 e. The number of fused-ring (bicyclic) bond motifs is 1. The highest BCUT2D eigenvalue weighted by Gasteiger charge is 2.44. The second kappa shape index (κ2) is 3.95. The van der Waals surface area contributed by atoms with Gasteiger partial charge in [-0.3, -0.25) is 0 Å². The molecule has 2 rings (SSSR count). The zero-order valence-corrected chi connectivity index (χ0v) is 8.00. The third-order valence-electron chi connectivity index (χ3n) is 3.75. The molecule has 76 valence electrons. The van der Waals surface area contributed by atoms with Gasteiger partial charge in [-0.25, -0.2) is 5.26 Å². The van der Waals surface area contributed by atoms with Crippen LogP contribution in [0, 0.1) is 5.92 Å². The van der Waals surface area contributed by atoms with Crippen molar-refractivity contribution in [2.45, 2.75) is 57.0 Å². The van der Waals surface area contributed by atoms with Crippen LogP contribution in [0.15, 0.2) is 0 Å². The Kier molecular flexibility index (Phi) is 2.86. The Labute approximate surface area is 78.9 Å². The Bertz CT molecular complexity index is 152. The minimum atomic E-state index is -0.148. The van der Waals surface area contributed by atoms with E-state index < -0.39 is 0 Å². The molecule has 0 aromatic rings. The normalized spacial score (nSPS) is 39.9. The Morgan fingerprint density at radius 1 is 1.00 bits per heavy atom. The predicted octanol–water partition coefficient (Wildman–Crippen LogP) is 2.91. The van der Waals surface area contributed by atoms with Gasteiger partial charge in [-0.1, -0.05) is 30.7 Å². The summed E-state index contributed by atoms with van der Waals surface area (Å²) in [6, 6.07) is 0. The zero-order chi connectivity index (χ0) is 9.15. The summed E-state index contributed by atoms with van der Waals surface area (Å²) in [4.78, 5) is 5.13. The van der Waals surface area contributed by atoms with Crippen molar-refractivity contribution < 1.29 is 15.2 Å². The second-order valence-electron chi connectivity index (χ2n) is 4.41. The van der Waals surface area contributed by atoms with E-state index in [9.17, 15) is 0 Å². The Hall–Kier alpha value is -0.120. The van der Waals surface area contributed by atoms with E-state index in [0.717, 1.165) is 12.8 Å². The predicted molar refractivity (Wildman–Crippen MR) is 48.0 cm³/mol. The summed E-state index contributed by atoms with van der Waals surface area (Å²) in [5, 5.41) is 12.4. The number of hydrogen-bond acceptors (Lipinski definition) is 3. The maximum absolute atomic E-state index is 8.43. The molecule has 1 N–H and O–H groups in total. The topological polar surface area (TPSA) is 38.7 Å². The van der Waals surface area contributed by atoms with Gasteiger partial charge in [-0.05, 0) is 31.6 Å². The van der Waals surface area contributed by atoms with Crippen molar-refractivity contribution >= 4 is 0 Å². The summed E-state index contributed by atoms with van der Waals surface area (Å²) in [6.45, 7) is 0. The highest BCUT2D eigenvalue weighted by Crippen LogP contribution is 2.46. The lowest BCUT2D eigenvalue weighted by molar-refractivity contribution is -0.535. The van der Waals surface area contributed by atoms with E-state index >= 15 is 0 Å². The van der Waals surface area contributed by atoms with Crippen LogP contribution < -0.4 is 0 Å². The van der Waals surface area contributed by atoms with E-state index in [0.29, 0.717) is 5.92 Å². The van der Waals surface area contributed by atoms with Crippen molar-refractivity contribution in [1.29, 1.82) is 0 Å². The molecule has 0 saturated heterocycles. The molecule has 0 bridgehead atoms. The van der Waals surface area contributed by atoms with Crippen molar-refractivity contribution in [2.24, 2.45) is 5.92 Å². The molecule has 3 heteroatoms. The number of hydrogen-bond donors (Lipinski definition) is 1. The van der Waals surface area contributed by atoms with Crippen LogP contribution in [0.1, 0.15) is 51.4 Å². The zero-order valence-electron chi connectivity index (χ0n) is 8.00. The van der Waals surface area contributed by atoms with Crippen LogP contribution in [-0.2, 0) is 9.93 Å². The van der Waals surface area contributed by atoms with Gasteiger partial charge in [0.2, 0.25) is 0 Å². The lowest BCUT2D eigenvalue weighted by Crippen LogP contribution is -2.45. The first kappa shape index (κ1) is 9.44. The van der Waals surface area contributed by atoms with Crippen LogP contribution in [-0.4, -0.2) is 10.9 Å². The summed E-state index contributed by atoms with van der Waals surface area (Å²) in [6.07, 6.45) is 9.62. The van der Waals surface area contributed by atoms with E-state index in [1.165, 1.54) is 38.5 Å². The van der Waals surface area contributed by atoms with Crippen molar-refractivity contribution in [3.05, 3.63) is 0 Å². The van der Waals surface area contributed by atoms with Gasteiger partial charge >= 0.3 is 0 Å². The van der Waals surface area contributed by atoms with Gasteiger partial charge in [0.1, 0.15) is 5.60 Å². The SMILES string of the molecule is OOOC12CCCCC1CCCC2. The number of rotatable bonds is 2. The molecule has 3 nitrogen and oxygen atoms in total. The molecule has 0 amide bonds. The van der Waals surface area contributed by atoms with Crippen LogP contribution in [0.4, 0.5) is 0 Å². The van der Waals surface area contributed by atoms with Crippen molar-refractivity contribution in [3.8, 4) is 0 Å². The first-order chi connectivity index (χ1) is 6.37. The molecule has 0 spiro atoms. The molecule has 13 heavy (non-hydrogen) atoms. The molecule has 0 atom stereocenters. The van der Waals surface area contributed by atoms with Crippen molar-refractivity contribution in [3.63, 3.8) is 0 Å². The molecular formula is C10H18O3. The van der Waals surface area contributed by atoms with Crippen LogP contribution in [0.2, 0.25) is 0 Å². The summed E-state index contributed by atoms with van der Waals surface area (Å²) in [7, 11) is 0. The summed E-state index contributed by atoms with van der Waals surface area (Å²) in [5.74, 6) is 0.613. The fraction of sp³-hybridized carbons (Fsp3) is 1.00. The van der Waals surface area contributed by atoms with E-state index in [1.807, 2.05) is 0 Å². The van der Waals surface area contributed by atoms with E-state index in [2.05, 4.69) is 5.04 Å². The van der Waals surface area contributed by atoms with Crippen LogP contribution in [0.25, 0.3) is 0 Å². The van der Waals surface area contributed by atoms with Gasteiger partial charge in [0, 0.05) is 0 Å². The van der Waals surface area contributed by atoms with Crippen LogP contribution in [0.5, 0.6) is 0 Å². The Morgan fingerprint density at radius 3 is 2.15 bits per heavy atom. The van der Waals surface area contributed by atoms with Gasteiger partial charge in [0.05, 0.1) is 0 Å². The summed E-state index contributed by atoms with van der Waals surface area (Å²) >= 11 is 0. The van der Waals surface area contributed by atoms with Gasteiger partial charge in [-0.2, -0.15) is 4.89 Å². The minimum absolute atomic E-state index is 0.148. The van der Waals surface area contributed by atoms with Crippen molar-refractivity contribution in [2.75, 3.05) is 0 Å². The third kappa shape index (κ3) is 1.73. The Morgan fingerprint density at radius 2 is 1.62 bits per heavy atom. The molecule has 0 heterocycles. The fourth-order valence-corrected chi connectivity index (χ4v) is 3.06. The van der Waals surface area contributed by atoms with Gasteiger partial charge in [0.25, 0.3) is 0 Å². The van der Waals surface area contributed by atoms with Gasteiger partial charge in [-0.15, -0.1) is 0 Å². The molecule has 0 aliphatic heterocycles. The maximum atomic E-state index is 8.43. The van der Waals surface area contributed by atoms with E-state index in [1.54, 1.807) is 0 Å². The average Bonchev–Trinajstić information content (AvgIpc) is 2.18. The van der Waals surface area contributed by atoms with Crippen LogP contribution >= 0.6 is 0 Å². The molecule has 0 aromatic carbocycles. The highest BCUT2D eigenvalue weighted by molar-refractivity contribution is 4.93. The maximum Gasteiger partial charge on any atom is 0.109 e. The largest absolute Gasteiger partial charge is 0.221 e. The first-order valence-corrected chi connectivity index (χ1v) is 5.37. The van der Waals surface area contributed by atoms with E-state index in [4.69, 9.17) is 10.1 Å². The molecule has 2 fully saturated rings. The molecule has 0 aromatic heterocycles. The average molecular weight is 186 g/mol. The highest BCUT2D eigenvalue weighted by atomic mass is 17.5. The van der Waals surface area contributed by atoms with Gasteiger partial charge < -0.3 is 0 Å². The third-order valence-corrected chi connectivity index (χ3v) is 3.75. The minimum Gasteiger partial charge on any atom is -0.221 e. The summed E-state index contributed by atoms with van der Waals surface area (Å²) < 4.78 is 0. The molecule has 0 radical (unpaired) electrons. The molecule has 2 aliphatic rings. The molecular weight excluding hydrogens is 168 g/mol. The first-order valence-electron chi connectivity index (χ1n) is 5.37.